The lowest BCUT2D eigenvalue weighted by Crippen LogP contribution is -2.32. The minimum Gasteiger partial charge on any atom is -0.398 e. The molecule has 8 heteroatoms. The predicted molar refractivity (Wildman–Crippen MR) is 86.8 cm³/mol. The second-order valence-corrected chi connectivity index (χ2v) is 5.76. The molecule has 0 amide bonds. The monoisotopic (exact) mass is 373 g/mol. The summed E-state index contributed by atoms with van der Waals surface area (Å²) in [4.78, 5) is 0. The molecule has 1 unspecified atom stereocenters. The first-order chi connectivity index (χ1) is 10.1. The largest absolute Gasteiger partial charge is 0.398 e. The molecule has 5 N–H and O–H groups in total. The van der Waals surface area contributed by atoms with Crippen LogP contribution in [0.5, 0.6) is 0 Å². The molecule has 0 aliphatic carbocycles. The third-order valence-electron chi connectivity index (χ3n) is 3.14. The van der Waals surface area contributed by atoms with E-state index in [0.717, 1.165) is 15.7 Å². The van der Waals surface area contributed by atoms with Crippen molar-refractivity contribution in [2.45, 2.75) is 12.6 Å². The second kappa shape index (κ2) is 7.24. The molecule has 0 fully saturated rings. The van der Waals surface area contributed by atoms with Crippen molar-refractivity contribution in [3.05, 3.63) is 45.1 Å². The van der Waals surface area contributed by atoms with Crippen LogP contribution in [0.15, 0.2) is 28.9 Å². The van der Waals surface area contributed by atoms with Crippen molar-refractivity contribution >= 4 is 33.2 Å². The lowest BCUT2D eigenvalue weighted by Gasteiger charge is -2.20. The summed E-state index contributed by atoms with van der Waals surface area (Å²) < 4.78 is 7.77. The van der Waals surface area contributed by atoms with Gasteiger partial charge in [0.15, 0.2) is 0 Å². The summed E-state index contributed by atoms with van der Waals surface area (Å²) in [5, 5.41) is 4.90. The highest BCUT2D eigenvalue weighted by atomic mass is 79.9. The van der Waals surface area contributed by atoms with E-state index in [1.807, 2.05) is 10.7 Å². The summed E-state index contributed by atoms with van der Waals surface area (Å²) in [5.41, 5.74) is 11.1. The average Bonchev–Trinajstić information content (AvgIpc) is 2.81. The SMILES string of the molecule is COCCn1ncc(Br)c1C(NN)c1ccc(Cl)cc1N. The van der Waals surface area contributed by atoms with Crippen molar-refractivity contribution in [2.24, 2.45) is 5.84 Å². The van der Waals surface area contributed by atoms with Crippen LogP contribution in [0.4, 0.5) is 5.69 Å². The van der Waals surface area contributed by atoms with Crippen molar-refractivity contribution in [2.75, 3.05) is 19.5 Å². The summed E-state index contributed by atoms with van der Waals surface area (Å²) in [5.74, 6) is 5.74. The average molecular weight is 375 g/mol. The second-order valence-electron chi connectivity index (χ2n) is 4.47. The molecule has 114 valence electrons. The molecule has 1 heterocycles. The van der Waals surface area contributed by atoms with Gasteiger partial charge in [0.25, 0.3) is 0 Å². The molecule has 2 rings (SSSR count). The standard InChI is InChI=1S/C13H17BrClN5O/c1-21-5-4-20-13(10(14)7-18-20)12(19-17)9-3-2-8(15)6-11(9)16/h2-3,6-7,12,19H,4-5,16-17H2,1H3. The minimum absolute atomic E-state index is 0.309. The van der Waals surface area contributed by atoms with Gasteiger partial charge in [-0.05, 0) is 33.6 Å². The van der Waals surface area contributed by atoms with Crippen LogP contribution in [0.2, 0.25) is 5.02 Å². The maximum atomic E-state index is 6.05. The van der Waals surface area contributed by atoms with E-state index < -0.39 is 0 Å². The Morgan fingerprint density at radius 1 is 1.52 bits per heavy atom. The van der Waals surface area contributed by atoms with Gasteiger partial charge >= 0.3 is 0 Å². The molecule has 0 bridgehead atoms. The highest BCUT2D eigenvalue weighted by Gasteiger charge is 2.22. The number of hydrogen-bond donors (Lipinski definition) is 3. The molecule has 2 aromatic rings. The first kappa shape index (κ1) is 16.3. The maximum absolute atomic E-state index is 6.05. The number of hydrogen-bond acceptors (Lipinski definition) is 5. The number of halogens is 2. The van der Waals surface area contributed by atoms with E-state index in [-0.39, 0.29) is 6.04 Å². The van der Waals surface area contributed by atoms with Crippen molar-refractivity contribution in [3.63, 3.8) is 0 Å². The Labute approximate surface area is 136 Å². The normalized spacial score (nSPS) is 12.6. The highest BCUT2D eigenvalue weighted by molar-refractivity contribution is 9.10. The Hall–Kier alpha value is -1.12. The van der Waals surface area contributed by atoms with Crippen LogP contribution in [-0.2, 0) is 11.3 Å². The molecule has 0 saturated heterocycles. The Kier molecular flexibility index (Phi) is 5.60. The van der Waals surface area contributed by atoms with Crippen molar-refractivity contribution in [1.82, 2.24) is 15.2 Å². The number of nitrogens with one attached hydrogen (secondary N) is 1. The molecule has 0 aliphatic rings. The topological polar surface area (TPSA) is 91.1 Å². The van der Waals surface area contributed by atoms with Crippen LogP contribution in [0.1, 0.15) is 17.3 Å². The van der Waals surface area contributed by atoms with E-state index in [0.29, 0.717) is 23.9 Å². The van der Waals surface area contributed by atoms with Gasteiger partial charge < -0.3 is 10.5 Å². The van der Waals surface area contributed by atoms with Gasteiger partial charge in [-0.1, -0.05) is 17.7 Å². The number of aromatic nitrogens is 2. The van der Waals surface area contributed by atoms with Gasteiger partial charge in [-0.15, -0.1) is 0 Å². The molecule has 1 atom stereocenters. The van der Waals surface area contributed by atoms with Crippen molar-refractivity contribution in [1.29, 1.82) is 0 Å². The molecule has 6 nitrogen and oxygen atoms in total. The first-order valence-corrected chi connectivity index (χ1v) is 7.46. The van der Waals surface area contributed by atoms with Crippen LogP contribution < -0.4 is 17.0 Å². The molecule has 0 saturated carbocycles. The predicted octanol–water partition coefficient (Wildman–Crippen LogP) is 2.08. The number of ether oxygens (including phenoxy) is 1. The third-order valence-corrected chi connectivity index (χ3v) is 3.99. The molecule has 0 radical (unpaired) electrons. The van der Waals surface area contributed by atoms with Crippen LogP contribution in [0.3, 0.4) is 0 Å². The van der Waals surface area contributed by atoms with E-state index in [1.54, 1.807) is 25.4 Å². The van der Waals surface area contributed by atoms with E-state index in [4.69, 9.17) is 27.9 Å². The number of benzene rings is 1. The number of anilines is 1. The Bertz CT molecular complexity index is 619. The zero-order chi connectivity index (χ0) is 15.4. The number of methoxy groups -OCH3 is 1. The smallest absolute Gasteiger partial charge is 0.0909 e. The molecule has 21 heavy (non-hydrogen) atoms. The minimum atomic E-state index is -0.309. The number of nitrogens with two attached hydrogens (primary N) is 2. The van der Waals surface area contributed by atoms with E-state index in [1.165, 1.54) is 0 Å². The molecular formula is C13H17BrClN5O. The summed E-state index contributed by atoms with van der Waals surface area (Å²) in [6.07, 6.45) is 1.72. The molecular weight excluding hydrogens is 358 g/mol. The lowest BCUT2D eigenvalue weighted by atomic mass is 10.0. The van der Waals surface area contributed by atoms with Crippen LogP contribution in [0, 0.1) is 0 Å². The Balaban J connectivity index is 2.43. The number of nitrogen functional groups attached to an aromatic ring is 1. The van der Waals surface area contributed by atoms with Gasteiger partial charge in [0, 0.05) is 17.8 Å². The summed E-state index contributed by atoms with van der Waals surface area (Å²) >= 11 is 9.45. The summed E-state index contributed by atoms with van der Waals surface area (Å²) in [7, 11) is 1.65. The fraction of sp³-hybridized carbons (Fsp3) is 0.308. The number of rotatable bonds is 6. The Morgan fingerprint density at radius 2 is 2.29 bits per heavy atom. The maximum Gasteiger partial charge on any atom is 0.0909 e. The zero-order valence-electron chi connectivity index (χ0n) is 11.5. The van der Waals surface area contributed by atoms with Crippen LogP contribution >= 0.6 is 27.5 Å². The van der Waals surface area contributed by atoms with Gasteiger partial charge in [-0.3, -0.25) is 10.5 Å². The fourth-order valence-corrected chi connectivity index (χ4v) is 2.85. The van der Waals surface area contributed by atoms with E-state index in [9.17, 15) is 0 Å². The van der Waals surface area contributed by atoms with Gasteiger partial charge in [-0.2, -0.15) is 5.10 Å². The lowest BCUT2D eigenvalue weighted by molar-refractivity contribution is 0.182. The summed E-state index contributed by atoms with van der Waals surface area (Å²) in [6, 6.07) is 5.02. The first-order valence-electron chi connectivity index (χ1n) is 6.29. The molecule has 1 aromatic carbocycles. The van der Waals surface area contributed by atoms with Crippen LogP contribution in [-0.4, -0.2) is 23.5 Å². The number of nitrogens with zero attached hydrogens (tertiary/aromatic N) is 2. The summed E-state index contributed by atoms with van der Waals surface area (Å²) in [6.45, 7) is 1.16. The van der Waals surface area contributed by atoms with E-state index in [2.05, 4.69) is 26.5 Å². The third kappa shape index (κ3) is 3.56. The van der Waals surface area contributed by atoms with Gasteiger partial charge in [0.2, 0.25) is 0 Å². The highest BCUT2D eigenvalue weighted by Crippen LogP contribution is 2.32. The molecule has 0 spiro atoms. The molecule has 1 aromatic heterocycles. The fourth-order valence-electron chi connectivity index (χ4n) is 2.14. The van der Waals surface area contributed by atoms with Crippen molar-refractivity contribution < 1.29 is 4.74 Å². The van der Waals surface area contributed by atoms with Crippen LogP contribution in [0.25, 0.3) is 0 Å². The van der Waals surface area contributed by atoms with Crippen molar-refractivity contribution in [3.8, 4) is 0 Å². The van der Waals surface area contributed by atoms with E-state index >= 15 is 0 Å². The quantitative estimate of drug-likeness (QED) is 0.409. The molecule has 0 aliphatic heterocycles. The van der Waals surface area contributed by atoms with Gasteiger partial charge in [0.05, 0.1) is 35.6 Å². The Morgan fingerprint density at radius 3 is 2.90 bits per heavy atom. The van der Waals surface area contributed by atoms with Gasteiger partial charge in [0.1, 0.15) is 0 Å². The van der Waals surface area contributed by atoms with Gasteiger partial charge in [-0.25, -0.2) is 5.43 Å². The number of hydrazine groups is 1. The zero-order valence-corrected chi connectivity index (χ0v) is 13.9.